The van der Waals surface area contributed by atoms with Gasteiger partial charge in [-0.1, -0.05) is 0 Å². The molecule has 150 valence electrons. The van der Waals surface area contributed by atoms with Crippen LogP contribution in [-0.4, -0.2) is 26.6 Å². The average Bonchev–Trinajstić information content (AvgIpc) is 3.28. The molecular weight excluding hydrogens is 386 g/mol. The molecule has 0 aliphatic carbocycles. The van der Waals surface area contributed by atoms with Crippen molar-refractivity contribution in [2.24, 2.45) is 5.10 Å². The molecule has 9 nitrogen and oxygen atoms in total. The first-order chi connectivity index (χ1) is 14.4. The highest BCUT2D eigenvalue weighted by molar-refractivity contribution is 5.97. The Morgan fingerprint density at radius 1 is 1.27 bits per heavy atom. The van der Waals surface area contributed by atoms with E-state index in [2.05, 4.69) is 15.5 Å². The van der Waals surface area contributed by atoms with Crippen molar-refractivity contribution < 1.29 is 14.1 Å². The van der Waals surface area contributed by atoms with Gasteiger partial charge >= 0.3 is 5.91 Å². The zero-order valence-corrected chi connectivity index (χ0v) is 16.2. The second-order valence-electron chi connectivity index (χ2n) is 6.66. The topological polar surface area (TPSA) is 116 Å². The first kappa shape index (κ1) is 19.1. The molecule has 0 spiro atoms. The quantitative estimate of drug-likeness (QED) is 0.308. The minimum atomic E-state index is -0.550. The molecule has 3 aromatic heterocycles. The monoisotopic (exact) mass is 403 g/mol. The van der Waals surface area contributed by atoms with E-state index >= 15 is 0 Å². The maximum absolute atomic E-state index is 12.3. The highest BCUT2D eigenvalue weighted by Crippen LogP contribution is 2.24. The van der Waals surface area contributed by atoms with Crippen molar-refractivity contribution >= 4 is 28.8 Å². The van der Waals surface area contributed by atoms with Crippen molar-refractivity contribution in [2.45, 2.75) is 13.8 Å². The number of nitro groups is 1. The summed E-state index contributed by atoms with van der Waals surface area (Å²) >= 11 is 0. The largest absolute Gasteiger partial charge is 0.451 e. The minimum Gasteiger partial charge on any atom is -0.451 e. The maximum Gasteiger partial charge on any atom is 0.307 e. The predicted molar refractivity (Wildman–Crippen MR) is 111 cm³/mol. The van der Waals surface area contributed by atoms with Gasteiger partial charge in [0.2, 0.25) is 0 Å². The van der Waals surface area contributed by atoms with Crippen molar-refractivity contribution in [3.05, 3.63) is 87.7 Å². The van der Waals surface area contributed by atoms with Gasteiger partial charge in [-0.15, -0.1) is 0 Å². The fourth-order valence-electron chi connectivity index (χ4n) is 3.27. The summed E-state index contributed by atoms with van der Waals surface area (Å²) in [5.74, 6) is -0.533. The van der Waals surface area contributed by atoms with Gasteiger partial charge in [0.25, 0.3) is 5.69 Å². The van der Waals surface area contributed by atoms with Gasteiger partial charge in [-0.25, -0.2) is 5.43 Å². The number of nitro benzene ring substituents is 1. The molecule has 1 amide bonds. The molecule has 1 N–H and O–H groups in total. The highest BCUT2D eigenvalue weighted by Gasteiger charge is 2.15. The third kappa shape index (κ3) is 3.55. The van der Waals surface area contributed by atoms with E-state index in [4.69, 9.17) is 4.42 Å². The molecule has 9 heteroatoms. The molecule has 0 aliphatic heterocycles. The normalized spacial score (nSPS) is 11.3. The van der Waals surface area contributed by atoms with Gasteiger partial charge in [0.05, 0.1) is 23.0 Å². The fraction of sp³-hybridized carbons (Fsp3) is 0.0952. The molecule has 4 rings (SSSR count). The van der Waals surface area contributed by atoms with Crippen LogP contribution in [0.5, 0.6) is 0 Å². The van der Waals surface area contributed by atoms with Gasteiger partial charge < -0.3 is 8.98 Å². The number of aryl methyl sites for hydroxylation is 1. The van der Waals surface area contributed by atoms with Gasteiger partial charge in [-0.05, 0) is 44.2 Å². The van der Waals surface area contributed by atoms with Crippen molar-refractivity contribution in [3.63, 3.8) is 0 Å². The van der Waals surface area contributed by atoms with Crippen LogP contribution in [0.4, 0.5) is 5.69 Å². The van der Waals surface area contributed by atoms with Crippen LogP contribution in [0.25, 0.3) is 16.7 Å². The number of carbonyl (C=O) groups is 1. The summed E-state index contributed by atoms with van der Waals surface area (Å²) in [4.78, 5) is 26.9. The first-order valence-electron chi connectivity index (χ1n) is 9.05. The van der Waals surface area contributed by atoms with Crippen LogP contribution in [0.2, 0.25) is 0 Å². The van der Waals surface area contributed by atoms with Crippen molar-refractivity contribution in [3.8, 4) is 5.69 Å². The van der Waals surface area contributed by atoms with Gasteiger partial charge in [0, 0.05) is 40.7 Å². The number of hydrogen-bond donors (Lipinski definition) is 1. The number of fused-ring (bicyclic) bond motifs is 1. The summed E-state index contributed by atoms with van der Waals surface area (Å²) in [7, 11) is 0. The SMILES string of the molecule is Cc1cc(/C=N\NC(=O)c2cc3cc([N+](=O)[O-])ccc3o2)c(C)n1-c1cccnc1. The van der Waals surface area contributed by atoms with Crippen molar-refractivity contribution in [1.29, 1.82) is 0 Å². The lowest BCUT2D eigenvalue weighted by molar-refractivity contribution is -0.384. The number of rotatable bonds is 5. The molecule has 0 saturated heterocycles. The Hall–Kier alpha value is -4.27. The Morgan fingerprint density at radius 2 is 2.10 bits per heavy atom. The zero-order chi connectivity index (χ0) is 21.3. The van der Waals surface area contributed by atoms with E-state index in [0.717, 1.165) is 22.6 Å². The molecule has 0 aliphatic rings. The second kappa shape index (κ2) is 7.63. The number of benzene rings is 1. The predicted octanol–water partition coefficient (Wildman–Crippen LogP) is 3.91. The maximum atomic E-state index is 12.3. The van der Waals surface area contributed by atoms with E-state index in [1.54, 1.807) is 18.6 Å². The van der Waals surface area contributed by atoms with Gasteiger partial charge in [0.1, 0.15) is 5.58 Å². The lowest BCUT2D eigenvalue weighted by atomic mass is 10.2. The third-order valence-electron chi connectivity index (χ3n) is 4.68. The number of pyridine rings is 1. The molecule has 0 unspecified atom stereocenters. The molecule has 30 heavy (non-hydrogen) atoms. The summed E-state index contributed by atoms with van der Waals surface area (Å²) < 4.78 is 7.50. The lowest BCUT2D eigenvalue weighted by Gasteiger charge is -2.08. The highest BCUT2D eigenvalue weighted by atomic mass is 16.6. The average molecular weight is 403 g/mol. The third-order valence-corrected chi connectivity index (χ3v) is 4.68. The number of nitrogens with one attached hydrogen (secondary N) is 1. The number of carbonyl (C=O) groups excluding carboxylic acids is 1. The van der Waals surface area contributed by atoms with E-state index in [9.17, 15) is 14.9 Å². The van der Waals surface area contributed by atoms with Gasteiger partial charge in [-0.2, -0.15) is 5.10 Å². The van der Waals surface area contributed by atoms with Gasteiger partial charge in [0.15, 0.2) is 5.76 Å². The molecule has 3 heterocycles. The van der Waals surface area contributed by atoms with Crippen LogP contribution in [0, 0.1) is 24.0 Å². The molecule has 4 aromatic rings. The molecule has 1 aromatic carbocycles. The summed E-state index contributed by atoms with van der Waals surface area (Å²) in [6, 6.07) is 11.4. The van der Waals surface area contributed by atoms with Crippen LogP contribution in [0.1, 0.15) is 27.5 Å². The molecular formula is C21H17N5O4. The number of hydrogen-bond acceptors (Lipinski definition) is 6. The number of amides is 1. The first-order valence-corrected chi connectivity index (χ1v) is 9.05. The smallest absolute Gasteiger partial charge is 0.307 e. The van der Waals surface area contributed by atoms with E-state index < -0.39 is 10.8 Å². The van der Waals surface area contributed by atoms with Crippen LogP contribution in [0.3, 0.4) is 0 Å². The lowest BCUT2D eigenvalue weighted by Crippen LogP contribution is -2.16. The number of furan rings is 1. The van der Waals surface area contributed by atoms with Gasteiger partial charge in [-0.3, -0.25) is 19.9 Å². The molecule has 0 radical (unpaired) electrons. The van der Waals surface area contributed by atoms with Crippen molar-refractivity contribution in [1.82, 2.24) is 15.0 Å². The standard InChI is InChI=1S/C21H17N5O4/c1-13-8-16(14(2)25(13)18-4-3-7-22-12-18)11-23-24-21(27)20-10-15-9-17(26(28)29)5-6-19(15)30-20/h3-12H,1-2H3,(H,24,27)/b23-11-. The summed E-state index contributed by atoms with van der Waals surface area (Å²) in [5.41, 5.74) is 6.48. The Kier molecular flexibility index (Phi) is 4.85. The van der Waals surface area contributed by atoms with Crippen molar-refractivity contribution in [2.75, 3.05) is 0 Å². The van der Waals surface area contributed by atoms with Crippen LogP contribution >= 0.6 is 0 Å². The van der Waals surface area contributed by atoms with E-state index in [-0.39, 0.29) is 11.4 Å². The second-order valence-corrected chi connectivity index (χ2v) is 6.66. The summed E-state index contributed by atoms with van der Waals surface area (Å²) in [6.45, 7) is 3.93. The summed E-state index contributed by atoms with van der Waals surface area (Å²) in [5, 5.41) is 15.4. The molecule has 0 saturated carbocycles. The zero-order valence-electron chi connectivity index (χ0n) is 16.2. The number of nitrogens with zero attached hydrogens (tertiary/aromatic N) is 4. The Morgan fingerprint density at radius 3 is 2.83 bits per heavy atom. The van der Waals surface area contributed by atoms with Crippen LogP contribution in [-0.2, 0) is 0 Å². The summed E-state index contributed by atoms with van der Waals surface area (Å²) in [6.07, 6.45) is 5.04. The van der Waals surface area contributed by atoms with E-state index in [0.29, 0.717) is 11.0 Å². The van der Waals surface area contributed by atoms with Crippen LogP contribution in [0.15, 0.2) is 64.4 Å². The molecule has 0 bridgehead atoms. The van der Waals surface area contributed by atoms with E-state index in [1.165, 1.54) is 24.3 Å². The Bertz CT molecular complexity index is 1290. The number of non-ortho nitro benzene ring substituents is 1. The van der Waals surface area contributed by atoms with E-state index in [1.807, 2.05) is 36.6 Å². The number of aromatic nitrogens is 2. The Balaban J connectivity index is 1.52. The molecule has 0 fully saturated rings. The van der Waals surface area contributed by atoms with Crippen LogP contribution < -0.4 is 5.43 Å². The molecule has 0 atom stereocenters. The minimum absolute atomic E-state index is 0.0171. The number of hydrazone groups is 1. The fourth-order valence-corrected chi connectivity index (χ4v) is 3.27. The Labute approximate surface area is 170 Å².